The fourth-order valence-corrected chi connectivity index (χ4v) is 2.97. The second kappa shape index (κ2) is 30.7. The third-order valence-corrected chi connectivity index (χ3v) is 4.97. The molecule has 10 heteroatoms. The van der Waals surface area contributed by atoms with Crippen LogP contribution in [0, 0.1) is 0 Å². The van der Waals surface area contributed by atoms with Crippen LogP contribution in [0.1, 0.15) is 58.3 Å². The summed E-state index contributed by atoms with van der Waals surface area (Å²) in [6, 6.07) is 0. The predicted molar refractivity (Wildman–Crippen MR) is 140 cm³/mol. The standard InChI is InChI=1S/C27H50O10/c1-3-5-6-7-8-9-10-11-27(29)37-25-23-35-21-19-33-17-15-31-13-12-30-14-16-32-18-20-34-22-24-36-26(28)4-2/h4H,2-3,5-25H2,1H3. The topological polar surface area (TPSA) is 108 Å². The van der Waals surface area contributed by atoms with Gasteiger partial charge in [0.2, 0.25) is 0 Å². The molecule has 0 spiro atoms. The summed E-state index contributed by atoms with van der Waals surface area (Å²) in [6.07, 6.45) is 9.90. The van der Waals surface area contributed by atoms with Gasteiger partial charge in [-0.2, -0.15) is 0 Å². The molecule has 37 heavy (non-hydrogen) atoms. The third kappa shape index (κ3) is 30.6. The second-order valence-electron chi connectivity index (χ2n) is 8.14. The van der Waals surface area contributed by atoms with Crippen LogP contribution in [0.4, 0.5) is 0 Å². The lowest BCUT2D eigenvalue weighted by atomic mass is 10.1. The number of hydrogen-bond donors (Lipinski definition) is 0. The zero-order valence-corrected chi connectivity index (χ0v) is 22.9. The van der Waals surface area contributed by atoms with Gasteiger partial charge in [0.05, 0.1) is 79.3 Å². The summed E-state index contributed by atoms with van der Waals surface area (Å²) in [5, 5.41) is 0. The molecule has 0 aromatic rings. The van der Waals surface area contributed by atoms with Crippen molar-refractivity contribution >= 4 is 11.9 Å². The molecule has 0 amide bonds. The Kier molecular flexibility index (Phi) is 29.4. The van der Waals surface area contributed by atoms with Gasteiger partial charge in [-0.3, -0.25) is 4.79 Å². The molecule has 0 aliphatic carbocycles. The molecule has 0 heterocycles. The monoisotopic (exact) mass is 534 g/mol. The minimum Gasteiger partial charge on any atom is -0.463 e. The number of hydrogen-bond acceptors (Lipinski definition) is 10. The van der Waals surface area contributed by atoms with Gasteiger partial charge in [0, 0.05) is 12.5 Å². The van der Waals surface area contributed by atoms with E-state index in [1.54, 1.807) is 0 Å². The molecule has 0 aliphatic heterocycles. The Morgan fingerprint density at radius 2 is 0.865 bits per heavy atom. The molecule has 0 radical (unpaired) electrons. The number of esters is 2. The SMILES string of the molecule is C=CC(=O)OCCOCCOCCOCCOCCOCCOCCOC(=O)CCCCCCCCC. The molecule has 0 saturated heterocycles. The van der Waals surface area contributed by atoms with E-state index in [1.165, 1.54) is 32.1 Å². The summed E-state index contributed by atoms with van der Waals surface area (Å²) in [6.45, 7) is 11.4. The molecule has 0 fully saturated rings. The fourth-order valence-electron chi connectivity index (χ4n) is 2.97. The van der Waals surface area contributed by atoms with Crippen LogP contribution in [0.2, 0.25) is 0 Å². The first-order valence-electron chi connectivity index (χ1n) is 13.6. The van der Waals surface area contributed by atoms with Crippen LogP contribution < -0.4 is 0 Å². The zero-order valence-electron chi connectivity index (χ0n) is 22.9. The third-order valence-electron chi connectivity index (χ3n) is 4.97. The number of carbonyl (C=O) groups excluding carboxylic acids is 2. The number of ether oxygens (including phenoxy) is 8. The molecule has 0 bridgehead atoms. The van der Waals surface area contributed by atoms with Gasteiger partial charge in [0.25, 0.3) is 0 Å². The molecule has 218 valence electrons. The fraction of sp³-hybridized carbons (Fsp3) is 0.852. The van der Waals surface area contributed by atoms with Gasteiger partial charge in [-0.1, -0.05) is 52.0 Å². The van der Waals surface area contributed by atoms with E-state index in [1.807, 2.05) is 0 Å². The summed E-state index contributed by atoms with van der Waals surface area (Å²) >= 11 is 0. The van der Waals surface area contributed by atoms with Crippen molar-refractivity contribution in [2.45, 2.75) is 58.3 Å². The van der Waals surface area contributed by atoms with Crippen molar-refractivity contribution in [3.05, 3.63) is 12.7 Å². The maximum Gasteiger partial charge on any atom is 0.330 e. The van der Waals surface area contributed by atoms with Crippen molar-refractivity contribution in [3.63, 3.8) is 0 Å². The molecule has 0 saturated carbocycles. The molecule has 0 atom stereocenters. The van der Waals surface area contributed by atoms with Crippen LogP contribution in [-0.4, -0.2) is 104 Å². The van der Waals surface area contributed by atoms with Crippen molar-refractivity contribution in [1.82, 2.24) is 0 Å². The summed E-state index contributed by atoms with van der Waals surface area (Å²) in [7, 11) is 0. The lowest BCUT2D eigenvalue weighted by molar-refractivity contribution is -0.145. The van der Waals surface area contributed by atoms with Gasteiger partial charge >= 0.3 is 11.9 Å². The number of rotatable bonds is 30. The van der Waals surface area contributed by atoms with E-state index in [9.17, 15) is 9.59 Å². The summed E-state index contributed by atoms with van der Waals surface area (Å²) in [4.78, 5) is 22.5. The highest BCUT2D eigenvalue weighted by molar-refractivity contribution is 5.81. The molecule has 0 aliphatic rings. The Bertz CT molecular complexity index is 515. The minimum absolute atomic E-state index is 0.144. The quantitative estimate of drug-likeness (QED) is 0.0772. The highest BCUT2D eigenvalue weighted by Gasteiger charge is 2.02. The van der Waals surface area contributed by atoms with E-state index in [-0.39, 0.29) is 19.2 Å². The Labute approximate surface area is 223 Å². The van der Waals surface area contributed by atoms with Crippen LogP contribution in [0.25, 0.3) is 0 Å². The first-order chi connectivity index (χ1) is 18.2. The highest BCUT2D eigenvalue weighted by Crippen LogP contribution is 2.08. The van der Waals surface area contributed by atoms with Crippen molar-refractivity contribution < 1.29 is 47.5 Å². The van der Waals surface area contributed by atoms with E-state index in [4.69, 9.17) is 37.9 Å². The molecule has 10 nitrogen and oxygen atoms in total. The summed E-state index contributed by atoms with van der Waals surface area (Å²) in [5.41, 5.74) is 0. The lowest BCUT2D eigenvalue weighted by Crippen LogP contribution is -2.15. The van der Waals surface area contributed by atoms with Crippen molar-refractivity contribution in [2.24, 2.45) is 0 Å². The normalized spacial score (nSPS) is 10.9. The smallest absolute Gasteiger partial charge is 0.330 e. The predicted octanol–water partition coefficient (Wildman–Crippen LogP) is 3.50. The van der Waals surface area contributed by atoms with E-state index in [0.29, 0.717) is 85.7 Å². The van der Waals surface area contributed by atoms with Gasteiger partial charge in [0.15, 0.2) is 0 Å². The van der Waals surface area contributed by atoms with E-state index < -0.39 is 5.97 Å². The van der Waals surface area contributed by atoms with Crippen LogP contribution in [0.3, 0.4) is 0 Å². The van der Waals surface area contributed by atoms with E-state index in [0.717, 1.165) is 18.9 Å². The molecule has 0 rings (SSSR count). The van der Waals surface area contributed by atoms with Crippen molar-refractivity contribution in [1.29, 1.82) is 0 Å². The van der Waals surface area contributed by atoms with Gasteiger partial charge < -0.3 is 37.9 Å². The van der Waals surface area contributed by atoms with Crippen LogP contribution in [-0.2, 0) is 47.5 Å². The van der Waals surface area contributed by atoms with Gasteiger partial charge in [0.1, 0.15) is 13.2 Å². The number of unbranched alkanes of at least 4 members (excludes halogenated alkanes) is 6. The van der Waals surface area contributed by atoms with Gasteiger partial charge in [-0.15, -0.1) is 0 Å². The maximum absolute atomic E-state index is 11.7. The zero-order chi connectivity index (χ0) is 27.1. The molecule has 0 aromatic heterocycles. The Morgan fingerprint density at radius 1 is 0.514 bits per heavy atom. The van der Waals surface area contributed by atoms with E-state index >= 15 is 0 Å². The largest absolute Gasteiger partial charge is 0.463 e. The molecular formula is C27H50O10. The molecule has 0 aromatic carbocycles. The Balaban J connectivity index is 3.13. The van der Waals surface area contributed by atoms with Crippen LogP contribution in [0.5, 0.6) is 0 Å². The first kappa shape index (κ1) is 35.4. The average molecular weight is 535 g/mol. The Morgan fingerprint density at radius 3 is 1.27 bits per heavy atom. The summed E-state index contributed by atoms with van der Waals surface area (Å²) in [5.74, 6) is -0.603. The van der Waals surface area contributed by atoms with E-state index in [2.05, 4.69) is 13.5 Å². The lowest BCUT2D eigenvalue weighted by Gasteiger charge is -2.08. The van der Waals surface area contributed by atoms with Gasteiger partial charge in [-0.25, -0.2) is 4.79 Å². The van der Waals surface area contributed by atoms with Crippen molar-refractivity contribution in [2.75, 3.05) is 92.5 Å². The van der Waals surface area contributed by atoms with Gasteiger partial charge in [-0.05, 0) is 6.42 Å². The molecular weight excluding hydrogens is 484 g/mol. The molecule has 0 unspecified atom stereocenters. The van der Waals surface area contributed by atoms with Crippen LogP contribution >= 0.6 is 0 Å². The van der Waals surface area contributed by atoms with Crippen molar-refractivity contribution in [3.8, 4) is 0 Å². The first-order valence-corrected chi connectivity index (χ1v) is 13.6. The Hall–Kier alpha value is -1.56. The molecule has 0 N–H and O–H groups in total. The second-order valence-corrected chi connectivity index (χ2v) is 8.14. The maximum atomic E-state index is 11.7. The summed E-state index contributed by atoms with van der Waals surface area (Å²) < 4.78 is 42.2. The highest BCUT2D eigenvalue weighted by atomic mass is 16.6. The minimum atomic E-state index is -0.459. The average Bonchev–Trinajstić information content (AvgIpc) is 2.90. The van der Waals surface area contributed by atoms with Crippen LogP contribution in [0.15, 0.2) is 12.7 Å². The number of carbonyl (C=O) groups is 2.